The van der Waals surface area contributed by atoms with Crippen LogP contribution < -0.4 is 9.47 Å². The molecule has 0 N–H and O–H groups in total. The van der Waals surface area contributed by atoms with Crippen LogP contribution in [0.4, 0.5) is 0 Å². The normalized spacial score (nSPS) is 19.8. The minimum atomic E-state index is 0.496. The third-order valence-electron chi connectivity index (χ3n) is 2.91. The first-order valence-electron chi connectivity index (χ1n) is 7.62. The Kier molecular flexibility index (Phi) is 8.71. The maximum Gasteiger partial charge on any atom is 0.123 e. The first-order chi connectivity index (χ1) is 10.9. The number of fused-ring (bicyclic) bond motifs is 2. The lowest BCUT2D eigenvalue weighted by molar-refractivity contribution is -0.00664. The Hall–Kier alpha value is -1.34. The van der Waals surface area contributed by atoms with Crippen molar-refractivity contribution in [3.8, 4) is 11.5 Å². The van der Waals surface area contributed by atoms with Crippen molar-refractivity contribution in [3.63, 3.8) is 0 Å². The molecule has 0 unspecified atom stereocenters. The highest BCUT2D eigenvalue weighted by atomic mass is 16.6. The number of hydrogen-bond acceptors (Lipinski definition) is 6. The van der Waals surface area contributed by atoms with Crippen molar-refractivity contribution >= 4 is 0 Å². The second kappa shape index (κ2) is 11.3. The molecule has 0 saturated heterocycles. The maximum atomic E-state index is 5.61. The third-order valence-corrected chi connectivity index (χ3v) is 2.91. The lowest BCUT2D eigenvalue weighted by Crippen LogP contribution is -2.14. The topological polar surface area (TPSA) is 55.4 Å². The summed E-state index contributed by atoms with van der Waals surface area (Å²) >= 11 is 0. The zero-order valence-electron chi connectivity index (χ0n) is 12.8. The van der Waals surface area contributed by atoms with E-state index in [1.807, 2.05) is 24.3 Å². The van der Waals surface area contributed by atoms with Crippen molar-refractivity contribution in [1.29, 1.82) is 0 Å². The highest BCUT2D eigenvalue weighted by Gasteiger charge is 1.99. The molecule has 0 fully saturated rings. The van der Waals surface area contributed by atoms with E-state index in [1.165, 1.54) is 0 Å². The molecular formula is C16H24O6. The molecule has 1 aromatic carbocycles. The molecule has 124 valence electrons. The number of ether oxygens (including phenoxy) is 6. The van der Waals surface area contributed by atoms with Crippen molar-refractivity contribution in [2.45, 2.75) is 0 Å². The molecule has 22 heavy (non-hydrogen) atoms. The summed E-state index contributed by atoms with van der Waals surface area (Å²) in [7, 11) is 0. The fraction of sp³-hybridized carbons (Fsp3) is 0.625. The summed E-state index contributed by atoms with van der Waals surface area (Å²) in [6, 6.07) is 7.55. The quantitative estimate of drug-likeness (QED) is 0.724. The van der Waals surface area contributed by atoms with E-state index in [4.69, 9.17) is 28.4 Å². The largest absolute Gasteiger partial charge is 0.491 e. The van der Waals surface area contributed by atoms with E-state index in [0.29, 0.717) is 66.1 Å². The number of rotatable bonds is 0. The van der Waals surface area contributed by atoms with Crippen molar-refractivity contribution < 1.29 is 28.4 Å². The molecule has 1 aliphatic rings. The van der Waals surface area contributed by atoms with Gasteiger partial charge in [0.15, 0.2) is 0 Å². The fourth-order valence-corrected chi connectivity index (χ4v) is 1.85. The van der Waals surface area contributed by atoms with Crippen LogP contribution in [0.2, 0.25) is 0 Å². The predicted octanol–water partition coefficient (Wildman–Crippen LogP) is 1.52. The second-order valence-electron chi connectivity index (χ2n) is 4.62. The van der Waals surface area contributed by atoms with E-state index in [1.54, 1.807) is 0 Å². The summed E-state index contributed by atoms with van der Waals surface area (Å²) < 4.78 is 32.9. The van der Waals surface area contributed by atoms with Gasteiger partial charge in [0.2, 0.25) is 0 Å². The average Bonchev–Trinajstić information content (AvgIpc) is 2.54. The number of benzene rings is 1. The molecule has 1 aromatic rings. The molecule has 0 spiro atoms. The van der Waals surface area contributed by atoms with Gasteiger partial charge < -0.3 is 28.4 Å². The van der Waals surface area contributed by atoms with Gasteiger partial charge in [0, 0.05) is 6.07 Å². The predicted molar refractivity (Wildman–Crippen MR) is 80.7 cm³/mol. The van der Waals surface area contributed by atoms with E-state index in [9.17, 15) is 0 Å². The summed E-state index contributed by atoms with van der Waals surface area (Å²) in [5, 5.41) is 0. The fourth-order valence-electron chi connectivity index (χ4n) is 1.85. The molecule has 0 aromatic heterocycles. The molecule has 2 rings (SSSR count). The third kappa shape index (κ3) is 7.61. The summed E-state index contributed by atoms with van der Waals surface area (Å²) in [6.45, 7) is 5.39. The van der Waals surface area contributed by atoms with Crippen LogP contribution in [0.15, 0.2) is 24.3 Å². The second-order valence-corrected chi connectivity index (χ2v) is 4.62. The SMILES string of the molecule is c1cc2cc(c1)OCCOCCOCCOCCOCCO2. The lowest BCUT2D eigenvalue weighted by Gasteiger charge is -2.10. The molecule has 0 radical (unpaired) electrons. The van der Waals surface area contributed by atoms with Gasteiger partial charge in [-0.1, -0.05) is 6.07 Å². The van der Waals surface area contributed by atoms with Crippen molar-refractivity contribution in [2.75, 3.05) is 66.1 Å². The Bertz CT molecular complexity index is 365. The highest BCUT2D eigenvalue weighted by molar-refractivity contribution is 5.32. The molecule has 0 saturated carbocycles. The van der Waals surface area contributed by atoms with Crippen LogP contribution in [0.3, 0.4) is 0 Å². The van der Waals surface area contributed by atoms with Crippen LogP contribution in [0, 0.1) is 0 Å². The minimum Gasteiger partial charge on any atom is -0.491 e. The van der Waals surface area contributed by atoms with Crippen LogP contribution in [-0.2, 0) is 18.9 Å². The molecule has 0 amide bonds. The molecule has 0 aliphatic carbocycles. The molecule has 0 atom stereocenters. The van der Waals surface area contributed by atoms with E-state index >= 15 is 0 Å². The maximum absolute atomic E-state index is 5.61. The van der Waals surface area contributed by atoms with Gasteiger partial charge in [0.25, 0.3) is 0 Å². The van der Waals surface area contributed by atoms with Gasteiger partial charge in [-0.2, -0.15) is 0 Å². The van der Waals surface area contributed by atoms with Gasteiger partial charge in [-0.25, -0.2) is 0 Å². The van der Waals surface area contributed by atoms with Crippen LogP contribution in [0.25, 0.3) is 0 Å². The van der Waals surface area contributed by atoms with E-state index in [2.05, 4.69) is 0 Å². The minimum absolute atomic E-state index is 0.496. The van der Waals surface area contributed by atoms with Gasteiger partial charge in [-0.3, -0.25) is 0 Å². The Morgan fingerprint density at radius 2 is 0.864 bits per heavy atom. The van der Waals surface area contributed by atoms with Crippen molar-refractivity contribution in [3.05, 3.63) is 24.3 Å². The van der Waals surface area contributed by atoms with E-state index in [0.717, 1.165) is 11.5 Å². The summed E-state index contributed by atoms with van der Waals surface area (Å²) in [6.07, 6.45) is 0. The smallest absolute Gasteiger partial charge is 0.123 e. The van der Waals surface area contributed by atoms with Gasteiger partial charge in [0.1, 0.15) is 24.7 Å². The first kappa shape index (κ1) is 17.0. The summed E-state index contributed by atoms with van der Waals surface area (Å²) in [4.78, 5) is 0. The van der Waals surface area contributed by atoms with Crippen LogP contribution in [0.1, 0.15) is 0 Å². The van der Waals surface area contributed by atoms with Crippen molar-refractivity contribution in [2.24, 2.45) is 0 Å². The molecule has 1 heterocycles. The lowest BCUT2D eigenvalue weighted by atomic mass is 10.3. The van der Waals surface area contributed by atoms with Gasteiger partial charge in [-0.05, 0) is 12.1 Å². The Balaban J connectivity index is 1.76. The molecule has 6 nitrogen and oxygen atoms in total. The Morgan fingerprint density at radius 1 is 0.500 bits per heavy atom. The first-order valence-corrected chi connectivity index (χ1v) is 7.62. The van der Waals surface area contributed by atoms with E-state index in [-0.39, 0.29) is 0 Å². The van der Waals surface area contributed by atoms with Crippen LogP contribution >= 0.6 is 0 Å². The van der Waals surface area contributed by atoms with E-state index < -0.39 is 0 Å². The standard InChI is InChI=1S/C16H24O6/c1-2-15-14-16(3-1)22-13-11-20-9-7-18-5-4-17-6-8-19-10-12-21-15/h1-3,14H,4-13H2. The zero-order chi connectivity index (χ0) is 15.3. The van der Waals surface area contributed by atoms with Crippen LogP contribution in [0.5, 0.6) is 11.5 Å². The molecule has 6 heteroatoms. The zero-order valence-corrected chi connectivity index (χ0v) is 12.8. The summed E-state index contributed by atoms with van der Waals surface area (Å²) in [5.74, 6) is 1.54. The number of hydrogen-bond donors (Lipinski definition) is 0. The molecule has 2 bridgehead atoms. The van der Waals surface area contributed by atoms with Gasteiger partial charge >= 0.3 is 0 Å². The molecule has 1 aliphatic heterocycles. The molecular weight excluding hydrogens is 288 g/mol. The Morgan fingerprint density at radius 3 is 1.27 bits per heavy atom. The summed E-state index contributed by atoms with van der Waals surface area (Å²) in [5.41, 5.74) is 0. The monoisotopic (exact) mass is 312 g/mol. The van der Waals surface area contributed by atoms with Crippen LogP contribution in [-0.4, -0.2) is 66.1 Å². The van der Waals surface area contributed by atoms with Gasteiger partial charge in [0.05, 0.1) is 52.9 Å². The van der Waals surface area contributed by atoms with Gasteiger partial charge in [-0.15, -0.1) is 0 Å². The highest BCUT2D eigenvalue weighted by Crippen LogP contribution is 2.19. The average molecular weight is 312 g/mol. The Labute approximate surface area is 131 Å². The van der Waals surface area contributed by atoms with Crippen molar-refractivity contribution in [1.82, 2.24) is 0 Å².